The van der Waals surface area contributed by atoms with Gasteiger partial charge in [0.15, 0.2) is 0 Å². The summed E-state index contributed by atoms with van der Waals surface area (Å²) in [7, 11) is 0. The number of rotatable bonds is 2. The van der Waals surface area contributed by atoms with E-state index in [4.69, 9.17) is 5.11 Å². The van der Waals surface area contributed by atoms with Crippen molar-refractivity contribution in [3.05, 3.63) is 29.6 Å². The zero-order chi connectivity index (χ0) is 10.1. The van der Waals surface area contributed by atoms with E-state index in [-0.39, 0.29) is 11.8 Å². The van der Waals surface area contributed by atoms with E-state index < -0.39 is 5.97 Å². The average Bonchev–Trinajstić information content (AvgIpc) is 2.05. The van der Waals surface area contributed by atoms with Gasteiger partial charge >= 0.3 is 5.97 Å². The predicted molar refractivity (Wildman–Crippen MR) is 52.1 cm³/mol. The van der Waals surface area contributed by atoms with Crippen molar-refractivity contribution >= 4 is 5.97 Å². The lowest BCUT2D eigenvalue weighted by Crippen LogP contribution is -2.30. The number of aryl methyl sites for hydroxylation is 1. The van der Waals surface area contributed by atoms with Crippen molar-refractivity contribution in [2.24, 2.45) is 5.92 Å². The van der Waals surface area contributed by atoms with E-state index in [0.717, 1.165) is 24.1 Å². The number of aromatic nitrogens is 1. The van der Waals surface area contributed by atoms with Crippen LogP contribution in [0.4, 0.5) is 0 Å². The summed E-state index contributed by atoms with van der Waals surface area (Å²) in [4.78, 5) is 15.0. The summed E-state index contributed by atoms with van der Waals surface area (Å²) in [6.45, 7) is 1.93. The van der Waals surface area contributed by atoms with Crippen molar-refractivity contribution in [1.29, 1.82) is 0 Å². The maximum absolute atomic E-state index is 10.8. The van der Waals surface area contributed by atoms with Crippen LogP contribution in [0.2, 0.25) is 0 Å². The summed E-state index contributed by atoms with van der Waals surface area (Å²) in [5, 5.41) is 8.90. The highest BCUT2D eigenvalue weighted by molar-refractivity contribution is 5.72. The molecule has 0 bridgehead atoms. The monoisotopic (exact) mass is 191 g/mol. The van der Waals surface area contributed by atoms with Crippen LogP contribution in [0.15, 0.2) is 18.3 Å². The minimum atomic E-state index is -0.679. The Hall–Kier alpha value is -1.38. The third-order valence-corrected chi connectivity index (χ3v) is 2.95. The zero-order valence-corrected chi connectivity index (χ0v) is 8.10. The number of carbonyl (C=O) groups is 1. The van der Waals surface area contributed by atoms with Crippen molar-refractivity contribution in [3.8, 4) is 0 Å². The lowest BCUT2D eigenvalue weighted by atomic mass is 9.70. The van der Waals surface area contributed by atoms with Gasteiger partial charge in [-0.05, 0) is 37.3 Å². The minimum absolute atomic E-state index is 0.181. The Kier molecular flexibility index (Phi) is 2.23. The summed E-state index contributed by atoms with van der Waals surface area (Å²) >= 11 is 0. The Morgan fingerprint density at radius 1 is 1.50 bits per heavy atom. The predicted octanol–water partition coefficient (Wildman–Crippen LogP) is 1.97. The van der Waals surface area contributed by atoms with Gasteiger partial charge in [0.2, 0.25) is 0 Å². The molecule has 0 aliphatic heterocycles. The molecule has 2 unspecified atom stereocenters. The number of hydrogen-bond acceptors (Lipinski definition) is 2. The molecule has 1 heterocycles. The normalized spacial score (nSPS) is 25.5. The maximum Gasteiger partial charge on any atom is 0.307 e. The molecule has 0 amide bonds. The molecule has 0 saturated heterocycles. The van der Waals surface area contributed by atoms with E-state index in [2.05, 4.69) is 4.98 Å². The SMILES string of the molecule is Cc1ccc(C2CCC2C(=O)O)cn1. The van der Waals surface area contributed by atoms with Gasteiger partial charge in [0.1, 0.15) is 0 Å². The van der Waals surface area contributed by atoms with Crippen LogP contribution in [0.25, 0.3) is 0 Å². The molecule has 0 radical (unpaired) electrons. The highest BCUT2D eigenvalue weighted by Crippen LogP contribution is 2.42. The molecule has 14 heavy (non-hydrogen) atoms. The second kappa shape index (κ2) is 3.40. The lowest BCUT2D eigenvalue weighted by Gasteiger charge is -2.33. The van der Waals surface area contributed by atoms with E-state index in [9.17, 15) is 4.79 Å². The first-order valence-electron chi connectivity index (χ1n) is 4.84. The van der Waals surface area contributed by atoms with Crippen LogP contribution in [0.1, 0.15) is 30.0 Å². The minimum Gasteiger partial charge on any atom is -0.481 e. The third-order valence-electron chi connectivity index (χ3n) is 2.95. The molecule has 0 spiro atoms. The highest BCUT2D eigenvalue weighted by atomic mass is 16.4. The van der Waals surface area contributed by atoms with E-state index in [1.165, 1.54) is 0 Å². The quantitative estimate of drug-likeness (QED) is 0.777. The van der Waals surface area contributed by atoms with Gasteiger partial charge in [-0.1, -0.05) is 6.07 Å². The van der Waals surface area contributed by atoms with Crippen LogP contribution in [0, 0.1) is 12.8 Å². The fourth-order valence-corrected chi connectivity index (χ4v) is 1.89. The Morgan fingerprint density at radius 3 is 2.71 bits per heavy atom. The zero-order valence-electron chi connectivity index (χ0n) is 8.10. The van der Waals surface area contributed by atoms with Crippen molar-refractivity contribution in [1.82, 2.24) is 4.98 Å². The summed E-state index contributed by atoms with van der Waals surface area (Å²) in [6, 6.07) is 3.93. The summed E-state index contributed by atoms with van der Waals surface area (Å²) < 4.78 is 0. The van der Waals surface area contributed by atoms with Gasteiger partial charge in [-0.2, -0.15) is 0 Å². The molecule has 1 aromatic heterocycles. The Labute approximate surface area is 82.8 Å². The molecule has 2 rings (SSSR count). The van der Waals surface area contributed by atoms with Crippen LogP contribution in [-0.4, -0.2) is 16.1 Å². The van der Waals surface area contributed by atoms with Gasteiger partial charge < -0.3 is 5.11 Å². The molecule has 1 aliphatic rings. The summed E-state index contributed by atoms with van der Waals surface area (Å²) in [5.74, 6) is -0.693. The molecule has 0 aromatic carbocycles. The van der Waals surface area contributed by atoms with Crippen molar-refractivity contribution in [2.75, 3.05) is 0 Å². The average molecular weight is 191 g/mol. The number of hydrogen-bond donors (Lipinski definition) is 1. The number of aliphatic carboxylic acids is 1. The van der Waals surface area contributed by atoms with Crippen molar-refractivity contribution < 1.29 is 9.90 Å². The van der Waals surface area contributed by atoms with Gasteiger partial charge in [0.25, 0.3) is 0 Å². The van der Waals surface area contributed by atoms with E-state index in [1.54, 1.807) is 6.20 Å². The van der Waals surface area contributed by atoms with Crippen LogP contribution >= 0.6 is 0 Å². The number of carboxylic acid groups (broad SMARTS) is 1. The van der Waals surface area contributed by atoms with Crippen LogP contribution in [0.5, 0.6) is 0 Å². The van der Waals surface area contributed by atoms with Crippen LogP contribution in [-0.2, 0) is 4.79 Å². The fraction of sp³-hybridized carbons (Fsp3) is 0.455. The largest absolute Gasteiger partial charge is 0.481 e. The fourth-order valence-electron chi connectivity index (χ4n) is 1.89. The molecule has 1 aliphatic carbocycles. The lowest BCUT2D eigenvalue weighted by molar-refractivity contribution is -0.145. The van der Waals surface area contributed by atoms with Crippen molar-refractivity contribution in [3.63, 3.8) is 0 Å². The van der Waals surface area contributed by atoms with E-state index in [0.29, 0.717) is 0 Å². The molecule has 74 valence electrons. The first kappa shape index (κ1) is 9.19. The summed E-state index contributed by atoms with van der Waals surface area (Å²) in [6.07, 6.45) is 3.57. The van der Waals surface area contributed by atoms with Gasteiger partial charge in [-0.15, -0.1) is 0 Å². The molecule has 2 atom stereocenters. The smallest absolute Gasteiger partial charge is 0.307 e. The Morgan fingerprint density at radius 2 is 2.29 bits per heavy atom. The first-order valence-corrected chi connectivity index (χ1v) is 4.84. The second-order valence-electron chi connectivity index (χ2n) is 3.86. The van der Waals surface area contributed by atoms with E-state index >= 15 is 0 Å². The van der Waals surface area contributed by atoms with Crippen LogP contribution in [0.3, 0.4) is 0 Å². The molecule has 1 aromatic rings. The maximum atomic E-state index is 10.8. The first-order chi connectivity index (χ1) is 6.68. The van der Waals surface area contributed by atoms with Crippen LogP contribution < -0.4 is 0 Å². The standard InChI is InChI=1S/C11H13NO2/c1-7-2-3-8(6-12-7)9-4-5-10(9)11(13)14/h2-3,6,9-10H,4-5H2,1H3,(H,13,14). The molecule has 1 saturated carbocycles. The van der Waals surface area contributed by atoms with E-state index in [1.807, 2.05) is 19.1 Å². The van der Waals surface area contributed by atoms with Gasteiger partial charge in [-0.25, -0.2) is 0 Å². The Balaban J connectivity index is 2.16. The number of nitrogens with zero attached hydrogens (tertiary/aromatic N) is 1. The van der Waals surface area contributed by atoms with Gasteiger partial charge in [-0.3, -0.25) is 9.78 Å². The van der Waals surface area contributed by atoms with Gasteiger partial charge in [0, 0.05) is 11.9 Å². The molecular formula is C11H13NO2. The molecule has 3 nitrogen and oxygen atoms in total. The third kappa shape index (κ3) is 1.50. The topological polar surface area (TPSA) is 50.2 Å². The Bertz CT molecular complexity index is 345. The molecule has 1 N–H and O–H groups in total. The van der Waals surface area contributed by atoms with Crippen molar-refractivity contribution in [2.45, 2.75) is 25.7 Å². The number of pyridine rings is 1. The molecular weight excluding hydrogens is 178 g/mol. The second-order valence-corrected chi connectivity index (χ2v) is 3.86. The summed E-state index contributed by atoms with van der Waals surface area (Å²) in [5.41, 5.74) is 2.04. The number of carboxylic acids is 1. The van der Waals surface area contributed by atoms with Gasteiger partial charge in [0.05, 0.1) is 5.92 Å². The molecule has 3 heteroatoms. The molecule has 1 fully saturated rings. The highest BCUT2D eigenvalue weighted by Gasteiger charge is 2.37.